The Morgan fingerprint density at radius 1 is 1.50 bits per heavy atom. The van der Waals surface area contributed by atoms with Crippen molar-refractivity contribution in [3.8, 4) is 12.3 Å². The van der Waals surface area contributed by atoms with Gasteiger partial charge >= 0.3 is 12.0 Å². The summed E-state index contributed by atoms with van der Waals surface area (Å²) in [5.74, 6) is 1.48. The molecule has 0 spiro atoms. The molecule has 1 saturated carbocycles. The van der Waals surface area contributed by atoms with Crippen LogP contribution < -0.4 is 10.6 Å². The van der Waals surface area contributed by atoms with E-state index < -0.39 is 18.0 Å². The highest BCUT2D eigenvalue weighted by Gasteiger charge is 2.37. The van der Waals surface area contributed by atoms with Gasteiger partial charge in [0.1, 0.15) is 6.04 Å². The third-order valence-electron chi connectivity index (χ3n) is 2.56. The van der Waals surface area contributed by atoms with Crippen LogP contribution in [0.2, 0.25) is 0 Å². The van der Waals surface area contributed by atoms with E-state index in [0.29, 0.717) is 6.42 Å². The van der Waals surface area contributed by atoms with Crippen LogP contribution in [0.15, 0.2) is 0 Å². The molecule has 1 fully saturated rings. The topological polar surface area (TPSA) is 78.4 Å². The molecule has 1 aliphatic rings. The summed E-state index contributed by atoms with van der Waals surface area (Å²) in [6, 6.07) is -1.66. The Hall–Kier alpha value is -1.70. The molecular formula is C11H16N2O3. The van der Waals surface area contributed by atoms with Gasteiger partial charge in [-0.05, 0) is 25.2 Å². The summed E-state index contributed by atoms with van der Waals surface area (Å²) >= 11 is 0. The van der Waals surface area contributed by atoms with Crippen molar-refractivity contribution in [1.82, 2.24) is 10.6 Å². The summed E-state index contributed by atoms with van der Waals surface area (Å²) in [7, 11) is 0. The van der Waals surface area contributed by atoms with Crippen molar-refractivity contribution in [2.75, 3.05) is 0 Å². The Morgan fingerprint density at radius 3 is 2.50 bits per heavy atom. The minimum absolute atomic E-state index is 0.0640. The molecule has 0 aromatic carbocycles. The molecule has 0 saturated heterocycles. The fourth-order valence-corrected chi connectivity index (χ4v) is 1.41. The van der Waals surface area contributed by atoms with Gasteiger partial charge in [-0.3, -0.25) is 0 Å². The first-order valence-corrected chi connectivity index (χ1v) is 5.34. The summed E-state index contributed by atoms with van der Waals surface area (Å²) in [4.78, 5) is 22.3. The van der Waals surface area contributed by atoms with Crippen LogP contribution in [0, 0.1) is 18.3 Å². The van der Waals surface area contributed by atoms with E-state index in [2.05, 4.69) is 16.6 Å². The molecule has 1 rings (SSSR count). The van der Waals surface area contributed by atoms with E-state index in [1.165, 1.54) is 0 Å². The number of carboxylic acid groups (broad SMARTS) is 1. The number of aliphatic carboxylic acids is 1. The van der Waals surface area contributed by atoms with E-state index in [-0.39, 0.29) is 12.0 Å². The number of urea groups is 1. The minimum atomic E-state index is -0.994. The molecule has 88 valence electrons. The van der Waals surface area contributed by atoms with E-state index >= 15 is 0 Å². The number of carboxylic acids is 1. The average Bonchev–Trinajstić information content (AvgIpc) is 3.05. The van der Waals surface area contributed by atoms with Crippen molar-refractivity contribution in [3.05, 3.63) is 0 Å². The number of hydrogen-bond acceptors (Lipinski definition) is 2. The molecular weight excluding hydrogens is 208 g/mol. The molecule has 3 N–H and O–H groups in total. The van der Waals surface area contributed by atoms with Crippen LogP contribution in [-0.2, 0) is 4.79 Å². The largest absolute Gasteiger partial charge is 0.480 e. The zero-order valence-electron chi connectivity index (χ0n) is 9.19. The van der Waals surface area contributed by atoms with Crippen LogP contribution in [-0.4, -0.2) is 29.2 Å². The number of carbonyl (C=O) groups excluding carboxylic acids is 1. The Balaban J connectivity index is 2.43. The lowest BCUT2D eigenvalue weighted by Crippen LogP contribution is -2.49. The van der Waals surface area contributed by atoms with Gasteiger partial charge in [-0.15, -0.1) is 6.42 Å². The van der Waals surface area contributed by atoms with Gasteiger partial charge in [0.25, 0.3) is 0 Å². The van der Waals surface area contributed by atoms with E-state index in [1.54, 1.807) is 0 Å². The van der Waals surface area contributed by atoms with Crippen molar-refractivity contribution in [1.29, 1.82) is 0 Å². The molecule has 1 aliphatic carbocycles. The van der Waals surface area contributed by atoms with Gasteiger partial charge in [0, 0.05) is 0 Å². The standard InChI is InChI=1S/C11H16N2O3/c1-3-8(4-2)12-11(16)13-9(10(14)15)7-5-6-7/h1,7-9H,4-6H2,2H3,(H,14,15)(H2,12,13,16). The van der Waals surface area contributed by atoms with E-state index in [0.717, 1.165) is 12.8 Å². The Labute approximate surface area is 94.6 Å². The lowest BCUT2D eigenvalue weighted by molar-refractivity contribution is -0.139. The van der Waals surface area contributed by atoms with E-state index in [1.807, 2.05) is 6.92 Å². The van der Waals surface area contributed by atoms with Crippen molar-refractivity contribution in [2.45, 2.75) is 38.3 Å². The first-order chi connectivity index (χ1) is 7.58. The van der Waals surface area contributed by atoms with Crippen molar-refractivity contribution < 1.29 is 14.7 Å². The fourth-order valence-electron chi connectivity index (χ4n) is 1.41. The monoisotopic (exact) mass is 224 g/mol. The molecule has 2 amide bonds. The third-order valence-corrected chi connectivity index (χ3v) is 2.56. The first kappa shape index (κ1) is 12.4. The van der Waals surface area contributed by atoms with Gasteiger partial charge in [0.2, 0.25) is 0 Å². The number of nitrogens with one attached hydrogen (secondary N) is 2. The Morgan fingerprint density at radius 2 is 2.12 bits per heavy atom. The van der Waals surface area contributed by atoms with Crippen LogP contribution >= 0.6 is 0 Å². The lowest BCUT2D eigenvalue weighted by Gasteiger charge is -2.16. The second-order valence-electron chi connectivity index (χ2n) is 3.90. The van der Waals surface area contributed by atoms with Gasteiger partial charge in [-0.25, -0.2) is 9.59 Å². The molecule has 5 heteroatoms. The highest BCUT2D eigenvalue weighted by molar-refractivity contribution is 5.83. The molecule has 16 heavy (non-hydrogen) atoms. The summed E-state index contributed by atoms with van der Waals surface area (Å²) < 4.78 is 0. The smallest absolute Gasteiger partial charge is 0.326 e. The first-order valence-electron chi connectivity index (χ1n) is 5.34. The molecule has 2 atom stereocenters. The van der Waals surface area contributed by atoms with Gasteiger partial charge in [-0.2, -0.15) is 0 Å². The third kappa shape index (κ3) is 3.46. The molecule has 0 radical (unpaired) electrons. The number of carbonyl (C=O) groups is 2. The fraction of sp³-hybridized carbons (Fsp3) is 0.636. The molecule has 0 aromatic rings. The molecule has 0 bridgehead atoms. The van der Waals surface area contributed by atoms with Crippen LogP contribution in [0.1, 0.15) is 26.2 Å². The summed E-state index contributed by atoms with van der Waals surface area (Å²) in [5.41, 5.74) is 0. The summed E-state index contributed by atoms with van der Waals surface area (Å²) in [6.07, 6.45) is 7.50. The normalized spacial score (nSPS) is 18.0. The predicted octanol–water partition coefficient (Wildman–Crippen LogP) is 0.561. The predicted molar refractivity (Wildman–Crippen MR) is 58.7 cm³/mol. The van der Waals surface area contributed by atoms with E-state index in [9.17, 15) is 9.59 Å². The second-order valence-corrected chi connectivity index (χ2v) is 3.90. The maximum absolute atomic E-state index is 11.4. The minimum Gasteiger partial charge on any atom is -0.480 e. The van der Waals surface area contributed by atoms with Crippen molar-refractivity contribution >= 4 is 12.0 Å². The maximum Gasteiger partial charge on any atom is 0.326 e. The molecule has 5 nitrogen and oxygen atoms in total. The maximum atomic E-state index is 11.4. The van der Waals surface area contributed by atoms with Crippen LogP contribution in [0.4, 0.5) is 4.79 Å². The van der Waals surface area contributed by atoms with Crippen molar-refractivity contribution in [2.24, 2.45) is 5.92 Å². The molecule has 0 aromatic heterocycles. The van der Waals surface area contributed by atoms with Crippen molar-refractivity contribution in [3.63, 3.8) is 0 Å². The van der Waals surface area contributed by atoms with Gasteiger partial charge < -0.3 is 15.7 Å². The Kier molecular flexibility index (Phi) is 4.18. The highest BCUT2D eigenvalue weighted by Crippen LogP contribution is 2.32. The number of rotatable bonds is 5. The molecule has 0 aliphatic heterocycles. The number of hydrogen-bond donors (Lipinski definition) is 3. The summed E-state index contributed by atoms with van der Waals surface area (Å²) in [6.45, 7) is 1.85. The quantitative estimate of drug-likeness (QED) is 0.597. The zero-order valence-corrected chi connectivity index (χ0v) is 9.19. The SMILES string of the molecule is C#CC(CC)NC(=O)NC(C(=O)O)C1CC1. The number of terminal acetylenes is 1. The average molecular weight is 224 g/mol. The highest BCUT2D eigenvalue weighted by atomic mass is 16.4. The zero-order chi connectivity index (χ0) is 12.1. The molecule has 2 unspecified atom stereocenters. The van der Waals surface area contributed by atoms with Gasteiger partial charge in [0.15, 0.2) is 0 Å². The lowest BCUT2D eigenvalue weighted by atomic mass is 10.2. The Bertz CT molecular complexity index is 318. The van der Waals surface area contributed by atoms with Gasteiger partial charge in [0.05, 0.1) is 6.04 Å². The van der Waals surface area contributed by atoms with Crippen LogP contribution in [0.25, 0.3) is 0 Å². The summed E-state index contributed by atoms with van der Waals surface area (Å²) in [5, 5.41) is 13.9. The van der Waals surface area contributed by atoms with Crippen LogP contribution in [0.3, 0.4) is 0 Å². The number of amides is 2. The second kappa shape index (κ2) is 5.40. The molecule has 0 heterocycles. The van der Waals surface area contributed by atoms with E-state index in [4.69, 9.17) is 11.5 Å². The van der Waals surface area contributed by atoms with Crippen LogP contribution in [0.5, 0.6) is 0 Å². The van der Waals surface area contributed by atoms with Gasteiger partial charge in [-0.1, -0.05) is 12.8 Å².